The number of esters is 1. The number of hydrogen-bond acceptors (Lipinski definition) is 4. The Kier molecular flexibility index (Phi) is 9.56. The third-order valence-electron chi connectivity index (χ3n) is 5.39. The van der Waals surface area contributed by atoms with E-state index >= 15 is 0 Å². The Morgan fingerprint density at radius 3 is 1.58 bits per heavy atom. The zero-order valence-electron chi connectivity index (χ0n) is 16.8. The number of rotatable bonds is 10. The van der Waals surface area contributed by atoms with E-state index in [1.807, 2.05) is 0 Å². The molecule has 0 heterocycles. The van der Waals surface area contributed by atoms with Gasteiger partial charge in [0.05, 0.1) is 0 Å². The average Bonchev–Trinajstić information content (AvgIpc) is 2.56. The topological polar surface area (TPSA) is 52.6 Å². The molecule has 0 radical (unpaired) electrons. The fourth-order valence-electron chi connectivity index (χ4n) is 3.28. The van der Waals surface area contributed by atoms with Crippen molar-refractivity contribution in [3.63, 3.8) is 0 Å². The van der Waals surface area contributed by atoms with E-state index in [0.717, 1.165) is 19.3 Å². The molecule has 0 amide bonds. The summed E-state index contributed by atoms with van der Waals surface area (Å²) in [5.41, 5.74) is 1.35. The molecule has 0 N–H and O–H groups in total. The molecular weight excluding hydrogens is 320 g/mol. The molecule has 0 fully saturated rings. The number of carbonyl (C=O) groups is 2. The Labute approximate surface area is 149 Å². The number of ether oxygens (including phenoxy) is 1. The molecule has 0 aromatic rings. The highest BCUT2D eigenvalue weighted by molar-refractivity contribution is 6.79. The fraction of sp³-hybridized carbons (Fsp3) is 0.789. The van der Waals surface area contributed by atoms with E-state index in [1.165, 1.54) is 0 Å². The minimum Gasteiger partial charge on any atom is -0.516 e. The van der Waals surface area contributed by atoms with Gasteiger partial charge in [0.2, 0.25) is 0 Å². The summed E-state index contributed by atoms with van der Waals surface area (Å²) in [5.74, 6) is -0.973. The minimum atomic E-state index is -2.37. The minimum absolute atomic E-state index is 0.281. The van der Waals surface area contributed by atoms with Crippen LogP contribution in [-0.4, -0.2) is 26.4 Å². The van der Waals surface area contributed by atoms with Crippen LogP contribution in [0.4, 0.5) is 0 Å². The van der Waals surface area contributed by atoms with Crippen LogP contribution in [0.3, 0.4) is 0 Å². The Balaban J connectivity index is 5.55. The van der Waals surface area contributed by atoms with E-state index in [1.54, 1.807) is 13.8 Å². The SMILES string of the molecule is C=C(C)C(=O)OC(C)C(=O)O[Si](C(C)CC)(C(C)CC)C(C)CC. The molecule has 140 valence electrons. The summed E-state index contributed by atoms with van der Waals surface area (Å²) >= 11 is 0. The van der Waals surface area contributed by atoms with E-state index in [4.69, 9.17) is 9.16 Å². The van der Waals surface area contributed by atoms with Gasteiger partial charge in [-0.05, 0) is 30.5 Å². The second-order valence-corrected chi connectivity index (χ2v) is 11.9. The standard InChI is InChI=1S/C19H36O4Si/c1-10-14(6)24(15(7)11-2,16(8)12-3)23-19(21)17(9)22-18(20)13(4)5/h14-17H,4,10-12H2,1-3,5-9H3. The van der Waals surface area contributed by atoms with Crippen LogP contribution in [0.2, 0.25) is 16.6 Å². The van der Waals surface area contributed by atoms with Crippen LogP contribution >= 0.6 is 0 Å². The van der Waals surface area contributed by atoms with Crippen molar-refractivity contribution in [1.82, 2.24) is 0 Å². The summed E-state index contributed by atoms with van der Waals surface area (Å²) < 4.78 is 11.4. The van der Waals surface area contributed by atoms with Gasteiger partial charge in [-0.3, -0.25) is 0 Å². The first kappa shape index (κ1) is 22.9. The van der Waals surface area contributed by atoms with Crippen molar-refractivity contribution in [1.29, 1.82) is 0 Å². The summed E-state index contributed by atoms with van der Waals surface area (Å²) in [4.78, 5) is 24.4. The van der Waals surface area contributed by atoms with Gasteiger partial charge in [-0.15, -0.1) is 0 Å². The highest BCUT2D eigenvalue weighted by atomic mass is 28.4. The van der Waals surface area contributed by atoms with Crippen LogP contribution in [0.1, 0.15) is 74.7 Å². The molecule has 0 spiro atoms. The van der Waals surface area contributed by atoms with Crippen LogP contribution in [-0.2, 0) is 18.8 Å². The lowest BCUT2D eigenvalue weighted by atomic mass is 10.3. The lowest BCUT2D eigenvalue weighted by molar-refractivity contribution is -0.159. The second kappa shape index (κ2) is 10.0. The predicted octanol–water partition coefficient (Wildman–Crippen LogP) is 5.38. The third kappa shape index (κ3) is 5.20. The highest BCUT2D eigenvalue weighted by Crippen LogP contribution is 2.47. The van der Waals surface area contributed by atoms with E-state index in [0.29, 0.717) is 16.6 Å². The number of hydrogen-bond donors (Lipinski definition) is 0. The molecule has 0 aromatic carbocycles. The maximum atomic E-state index is 12.7. The molecule has 4 nitrogen and oxygen atoms in total. The van der Waals surface area contributed by atoms with Gasteiger partial charge in [0.25, 0.3) is 8.32 Å². The van der Waals surface area contributed by atoms with Gasteiger partial charge in [0.15, 0.2) is 6.10 Å². The van der Waals surface area contributed by atoms with Gasteiger partial charge in [0, 0.05) is 5.57 Å². The Bertz CT molecular complexity index is 420. The Morgan fingerprint density at radius 2 is 1.29 bits per heavy atom. The summed E-state index contributed by atoms with van der Waals surface area (Å²) in [6, 6.07) is 0. The zero-order valence-corrected chi connectivity index (χ0v) is 17.8. The molecule has 4 atom stereocenters. The van der Waals surface area contributed by atoms with Gasteiger partial charge in [0.1, 0.15) is 0 Å². The lowest BCUT2D eigenvalue weighted by Gasteiger charge is -2.44. The molecular formula is C19H36O4Si. The Hall–Kier alpha value is -1.10. The van der Waals surface area contributed by atoms with Crippen LogP contribution in [0, 0.1) is 0 Å². The van der Waals surface area contributed by atoms with Crippen molar-refractivity contribution < 1.29 is 18.8 Å². The second-order valence-electron chi connectivity index (χ2n) is 7.03. The van der Waals surface area contributed by atoms with Crippen LogP contribution < -0.4 is 0 Å². The first-order valence-corrected chi connectivity index (χ1v) is 11.3. The Morgan fingerprint density at radius 1 is 0.917 bits per heavy atom. The van der Waals surface area contributed by atoms with Crippen molar-refractivity contribution in [2.75, 3.05) is 0 Å². The largest absolute Gasteiger partial charge is 0.516 e. The lowest BCUT2D eigenvalue weighted by Crippen LogP contribution is -2.52. The molecule has 0 aliphatic heterocycles. The molecule has 0 aromatic heterocycles. The molecule has 0 aliphatic carbocycles. The van der Waals surface area contributed by atoms with Crippen molar-refractivity contribution in [3.8, 4) is 0 Å². The summed E-state index contributed by atoms with van der Waals surface area (Å²) in [6.45, 7) is 19.7. The molecule has 4 unspecified atom stereocenters. The average molecular weight is 357 g/mol. The maximum absolute atomic E-state index is 12.7. The molecule has 0 rings (SSSR count). The first-order chi connectivity index (χ1) is 11.1. The van der Waals surface area contributed by atoms with E-state index in [-0.39, 0.29) is 5.57 Å². The summed E-state index contributed by atoms with van der Waals surface area (Å²) in [5, 5.41) is 0. The highest BCUT2D eigenvalue weighted by Gasteiger charge is 2.51. The van der Waals surface area contributed by atoms with Gasteiger partial charge in [-0.1, -0.05) is 67.4 Å². The first-order valence-electron chi connectivity index (χ1n) is 9.17. The monoisotopic (exact) mass is 356 g/mol. The third-order valence-corrected chi connectivity index (χ3v) is 11.8. The zero-order chi connectivity index (χ0) is 19.1. The van der Waals surface area contributed by atoms with E-state index < -0.39 is 26.4 Å². The smallest absolute Gasteiger partial charge is 0.333 e. The quantitative estimate of drug-likeness (QED) is 0.299. The van der Waals surface area contributed by atoms with Crippen LogP contribution in [0.15, 0.2) is 12.2 Å². The van der Waals surface area contributed by atoms with Crippen LogP contribution in [0.25, 0.3) is 0 Å². The summed E-state index contributed by atoms with van der Waals surface area (Å²) in [6.07, 6.45) is 2.04. The molecule has 0 aliphatic rings. The number of carbonyl (C=O) groups excluding carboxylic acids is 2. The molecule has 24 heavy (non-hydrogen) atoms. The predicted molar refractivity (Wildman–Crippen MR) is 101 cm³/mol. The van der Waals surface area contributed by atoms with Gasteiger partial charge < -0.3 is 9.16 Å². The normalized spacial score (nSPS) is 18.7. The molecule has 0 bridgehead atoms. The van der Waals surface area contributed by atoms with Crippen molar-refractivity contribution >= 4 is 20.3 Å². The molecule has 5 heteroatoms. The fourth-order valence-corrected chi connectivity index (χ4v) is 9.23. The maximum Gasteiger partial charge on any atom is 0.333 e. The molecule has 0 saturated carbocycles. The van der Waals surface area contributed by atoms with E-state index in [2.05, 4.69) is 48.1 Å². The van der Waals surface area contributed by atoms with Gasteiger partial charge in [-0.25, -0.2) is 9.59 Å². The molecule has 0 saturated heterocycles. The van der Waals surface area contributed by atoms with Gasteiger partial charge >= 0.3 is 11.9 Å². The summed E-state index contributed by atoms with van der Waals surface area (Å²) in [7, 11) is -2.37. The van der Waals surface area contributed by atoms with Crippen molar-refractivity contribution in [3.05, 3.63) is 12.2 Å². The van der Waals surface area contributed by atoms with Crippen molar-refractivity contribution in [2.24, 2.45) is 0 Å². The van der Waals surface area contributed by atoms with Crippen molar-refractivity contribution in [2.45, 2.75) is 97.4 Å². The van der Waals surface area contributed by atoms with E-state index in [9.17, 15) is 9.59 Å². The van der Waals surface area contributed by atoms with Gasteiger partial charge in [-0.2, -0.15) is 0 Å². The van der Waals surface area contributed by atoms with Crippen LogP contribution in [0.5, 0.6) is 0 Å².